The van der Waals surface area contributed by atoms with Crippen molar-refractivity contribution in [3.05, 3.63) is 59.6 Å². The lowest BCUT2D eigenvalue weighted by atomic mass is 9.51. The zero-order chi connectivity index (χ0) is 22.6. The molecule has 5 aliphatic rings. The number of hydrogen-bond acceptors (Lipinski definition) is 4. The maximum Gasteiger partial charge on any atom is 0.123 e. The monoisotopic (exact) mass is 456 g/mol. The van der Waals surface area contributed by atoms with Crippen LogP contribution in [0.4, 0.5) is 0 Å². The van der Waals surface area contributed by atoms with Crippen LogP contribution in [0, 0.1) is 0 Å². The molecule has 3 saturated carbocycles. The van der Waals surface area contributed by atoms with E-state index < -0.39 is 0 Å². The van der Waals surface area contributed by atoms with Crippen LogP contribution >= 0.6 is 0 Å². The molecule has 2 atom stereocenters. The topological polar surface area (TPSA) is 81.4 Å². The minimum absolute atomic E-state index is 0.301. The lowest BCUT2D eigenvalue weighted by Gasteiger charge is -2.53. The molecule has 0 amide bonds. The van der Waals surface area contributed by atoms with Gasteiger partial charge in [-0.05, 0) is 99.9 Å². The number of H-pyrrole nitrogens is 2. The molecule has 0 radical (unpaired) electrons. The predicted molar refractivity (Wildman–Crippen MR) is 134 cm³/mol. The molecule has 4 N–H and O–H groups in total. The van der Waals surface area contributed by atoms with E-state index in [1.807, 2.05) is 6.20 Å². The highest BCUT2D eigenvalue weighted by Gasteiger charge is 2.51. The summed E-state index contributed by atoms with van der Waals surface area (Å²) in [6, 6.07) is 10.1. The van der Waals surface area contributed by atoms with Gasteiger partial charge in [0, 0.05) is 17.3 Å². The Hall–Kier alpha value is -2.44. The van der Waals surface area contributed by atoms with Gasteiger partial charge in [-0.3, -0.25) is 0 Å². The summed E-state index contributed by atoms with van der Waals surface area (Å²) >= 11 is 0. The number of rotatable bonds is 5. The second-order valence-corrected chi connectivity index (χ2v) is 11.3. The maximum atomic E-state index is 4.80. The van der Waals surface area contributed by atoms with Crippen molar-refractivity contribution in [1.29, 1.82) is 0 Å². The summed E-state index contributed by atoms with van der Waals surface area (Å²) in [7, 11) is 0. The minimum Gasteiger partial charge on any atom is -0.344 e. The van der Waals surface area contributed by atoms with Crippen molar-refractivity contribution < 1.29 is 0 Å². The van der Waals surface area contributed by atoms with Gasteiger partial charge in [-0.2, -0.15) is 0 Å². The number of imidazole rings is 2. The van der Waals surface area contributed by atoms with Gasteiger partial charge in [-0.25, -0.2) is 9.97 Å². The largest absolute Gasteiger partial charge is 0.344 e. The van der Waals surface area contributed by atoms with Gasteiger partial charge in [0.1, 0.15) is 11.6 Å². The Kier molecular flexibility index (Phi) is 4.95. The predicted octanol–water partition coefficient (Wildman–Crippen LogP) is 5.19. The number of nitrogens with zero attached hydrogens (tertiary/aromatic N) is 2. The van der Waals surface area contributed by atoms with Crippen LogP contribution in [0.5, 0.6) is 0 Å². The quantitative estimate of drug-likeness (QED) is 0.426. The van der Waals surface area contributed by atoms with E-state index in [9.17, 15) is 0 Å². The molecule has 1 aromatic carbocycles. The highest BCUT2D eigenvalue weighted by molar-refractivity contribution is 5.60. The van der Waals surface area contributed by atoms with Crippen LogP contribution < -0.4 is 10.6 Å². The Morgan fingerprint density at radius 3 is 2.06 bits per heavy atom. The SMILES string of the molecule is c1cc(-c2cnc([C@@H]3CCCN3)[nH]2)cc(C23CCC(c4cnc([C@@H]5CCCN5)[nH]4)(CC2)CC3)c1. The Morgan fingerprint density at radius 2 is 1.38 bits per heavy atom. The van der Waals surface area contributed by atoms with E-state index in [-0.39, 0.29) is 0 Å². The Bertz CT molecular complexity index is 1140. The third kappa shape index (κ3) is 3.37. The average Bonchev–Trinajstić information content (AvgIpc) is 3.72. The Balaban J connectivity index is 1.10. The first-order valence-corrected chi connectivity index (χ1v) is 13.4. The van der Waals surface area contributed by atoms with Gasteiger partial charge in [0.25, 0.3) is 0 Å². The van der Waals surface area contributed by atoms with Gasteiger partial charge in [-0.1, -0.05) is 18.2 Å². The zero-order valence-electron chi connectivity index (χ0n) is 20.0. The van der Waals surface area contributed by atoms with E-state index in [1.54, 1.807) is 0 Å². The molecule has 6 nitrogen and oxygen atoms in total. The first kappa shape index (κ1) is 20.9. The van der Waals surface area contributed by atoms with Gasteiger partial charge >= 0.3 is 0 Å². The van der Waals surface area contributed by atoms with Gasteiger partial charge in [0.05, 0.1) is 24.0 Å². The summed E-state index contributed by atoms with van der Waals surface area (Å²) in [6.07, 6.45) is 16.6. The molecular formula is C28H36N6. The number of aromatic nitrogens is 4. The number of nitrogens with one attached hydrogen (secondary N) is 4. The molecule has 3 aromatic rings. The summed E-state index contributed by atoms with van der Waals surface area (Å²) in [4.78, 5) is 16.9. The molecule has 0 unspecified atom stereocenters. The standard InChI is InChI=1S/C28H36N6/c1-4-19(23-17-31-25(33-23)21-6-2-14-29-21)16-20(5-1)27-8-11-28(12-9-27,13-10-27)24-18-32-26(34-24)22-7-3-15-30-22/h1,4-5,16-18,21-22,29-30H,2-3,6-15H2,(H,31,33)(H,32,34)/t21-,22-,27?,28?/m0/s1. The number of hydrogen-bond donors (Lipinski definition) is 4. The second-order valence-electron chi connectivity index (χ2n) is 11.3. The lowest BCUT2D eigenvalue weighted by Crippen LogP contribution is -2.46. The lowest BCUT2D eigenvalue weighted by molar-refractivity contribution is 0.0989. The number of benzene rings is 1. The van der Waals surface area contributed by atoms with E-state index in [0.717, 1.165) is 30.4 Å². The van der Waals surface area contributed by atoms with Crippen LogP contribution in [0.2, 0.25) is 0 Å². The van der Waals surface area contributed by atoms with E-state index in [4.69, 9.17) is 9.97 Å². The van der Waals surface area contributed by atoms with Gasteiger partial charge in [0.15, 0.2) is 0 Å². The zero-order valence-corrected chi connectivity index (χ0v) is 20.0. The van der Waals surface area contributed by atoms with E-state index in [1.165, 1.54) is 81.0 Å². The molecule has 0 spiro atoms. The molecule has 2 aromatic heterocycles. The Labute approximate surface area is 201 Å². The smallest absolute Gasteiger partial charge is 0.123 e. The molecule has 8 rings (SSSR count). The van der Waals surface area contributed by atoms with Crippen LogP contribution in [0.3, 0.4) is 0 Å². The highest BCUT2D eigenvalue weighted by atomic mass is 15.0. The van der Waals surface area contributed by atoms with Crippen molar-refractivity contribution in [2.45, 2.75) is 87.1 Å². The molecule has 4 heterocycles. The van der Waals surface area contributed by atoms with Gasteiger partial charge in [-0.15, -0.1) is 0 Å². The number of fused-ring (bicyclic) bond motifs is 3. The van der Waals surface area contributed by atoms with E-state index in [0.29, 0.717) is 22.9 Å². The summed E-state index contributed by atoms with van der Waals surface area (Å²) in [5, 5.41) is 7.14. The van der Waals surface area contributed by atoms with Crippen molar-refractivity contribution >= 4 is 0 Å². The Morgan fingerprint density at radius 1 is 0.735 bits per heavy atom. The average molecular weight is 457 g/mol. The highest BCUT2D eigenvalue weighted by Crippen LogP contribution is 2.58. The van der Waals surface area contributed by atoms with Gasteiger partial charge < -0.3 is 20.6 Å². The number of aromatic amines is 2. The minimum atomic E-state index is 0.301. The van der Waals surface area contributed by atoms with Crippen LogP contribution in [-0.2, 0) is 10.8 Å². The van der Waals surface area contributed by atoms with Gasteiger partial charge in [0.2, 0.25) is 0 Å². The fourth-order valence-corrected chi connectivity index (χ4v) is 7.32. The summed E-state index contributed by atoms with van der Waals surface area (Å²) in [5.41, 5.74) is 5.96. The third-order valence-electron chi connectivity index (χ3n) is 9.58. The third-order valence-corrected chi connectivity index (χ3v) is 9.58. The first-order chi connectivity index (χ1) is 16.7. The van der Waals surface area contributed by atoms with E-state index >= 15 is 0 Å². The summed E-state index contributed by atoms with van der Waals surface area (Å²) in [5.74, 6) is 2.24. The molecule has 3 aliphatic carbocycles. The molecule has 6 heteroatoms. The van der Waals surface area contributed by atoms with Crippen molar-refractivity contribution in [3.63, 3.8) is 0 Å². The van der Waals surface area contributed by atoms with Crippen LogP contribution in [0.15, 0.2) is 36.7 Å². The molecule has 178 valence electrons. The molecule has 2 saturated heterocycles. The van der Waals surface area contributed by atoms with Crippen molar-refractivity contribution in [2.75, 3.05) is 13.1 Å². The molecule has 34 heavy (non-hydrogen) atoms. The molecule has 2 aliphatic heterocycles. The first-order valence-electron chi connectivity index (χ1n) is 13.4. The maximum absolute atomic E-state index is 4.80. The van der Waals surface area contributed by atoms with Crippen LogP contribution in [-0.4, -0.2) is 33.0 Å². The van der Waals surface area contributed by atoms with Crippen LogP contribution in [0.25, 0.3) is 11.3 Å². The normalized spacial score (nSPS) is 33.1. The molecule has 5 fully saturated rings. The second kappa shape index (κ2) is 8.06. The fourth-order valence-electron chi connectivity index (χ4n) is 7.32. The van der Waals surface area contributed by atoms with Crippen molar-refractivity contribution in [3.8, 4) is 11.3 Å². The van der Waals surface area contributed by atoms with E-state index in [2.05, 4.69) is 51.1 Å². The summed E-state index contributed by atoms with van der Waals surface area (Å²) < 4.78 is 0. The molecular weight excluding hydrogens is 420 g/mol. The fraction of sp³-hybridized carbons (Fsp3) is 0.571. The molecule has 2 bridgehead atoms. The summed E-state index contributed by atoms with van der Waals surface area (Å²) in [6.45, 7) is 2.21. The van der Waals surface area contributed by atoms with Crippen molar-refractivity contribution in [2.24, 2.45) is 0 Å². The van der Waals surface area contributed by atoms with Crippen LogP contribution in [0.1, 0.15) is 99.2 Å². The van der Waals surface area contributed by atoms with Crippen molar-refractivity contribution in [1.82, 2.24) is 30.6 Å².